The van der Waals surface area contributed by atoms with Gasteiger partial charge in [0.25, 0.3) is 0 Å². The highest BCUT2D eigenvalue weighted by Crippen LogP contribution is 2.72. The van der Waals surface area contributed by atoms with Gasteiger partial charge in [0, 0.05) is 101 Å². The number of ketones is 2. The number of carbonyl (C=O) groups is 6. The van der Waals surface area contributed by atoms with Gasteiger partial charge in [-0.25, -0.2) is 0 Å². The molecule has 0 spiro atoms. The van der Waals surface area contributed by atoms with Crippen LogP contribution in [0.2, 0.25) is 0 Å². The number of fused-ring (bicyclic) bond motifs is 10. The third-order valence-corrected chi connectivity index (χ3v) is 27.2. The Morgan fingerprint density at radius 1 is 0.588 bits per heavy atom. The summed E-state index contributed by atoms with van der Waals surface area (Å²) in [5.41, 5.74) is 1.88. The first-order valence-electron chi connectivity index (χ1n) is 36.6. The van der Waals surface area contributed by atoms with Crippen molar-refractivity contribution < 1.29 is 76.7 Å². The maximum absolute atomic E-state index is 14.1. The minimum absolute atomic E-state index is 0.0858. The summed E-state index contributed by atoms with van der Waals surface area (Å²) < 4.78 is 47.1. The average molecular weight is 1490 g/mol. The summed E-state index contributed by atoms with van der Waals surface area (Å²) in [6, 6.07) is 16.3. The zero-order chi connectivity index (χ0) is 74.7. The van der Waals surface area contributed by atoms with E-state index in [4.69, 9.17) is 51.8 Å². The van der Waals surface area contributed by atoms with E-state index < -0.39 is 108 Å². The first-order valence-corrected chi connectivity index (χ1v) is 42.9. The van der Waals surface area contributed by atoms with E-state index in [9.17, 15) is 48.1 Å². The summed E-state index contributed by atoms with van der Waals surface area (Å²) in [5.74, 6) is -2.99. The van der Waals surface area contributed by atoms with Crippen LogP contribution in [0.3, 0.4) is 0 Å². The lowest BCUT2D eigenvalue weighted by atomic mass is 9.46. The van der Waals surface area contributed by atoms with E-state index in [2.05, 4.69) is 60.6 Å². The molecule has 558 valence electrons. The first kappa shape index (κ1) is 80.4. The predicted molar refractivity (Wildman–Crippen MR) is 399 cm³/mol. The van der Waals surface area contributed by atoms with Gasteiger partial charge >= 0.3 is 23.9 Å². The number of hydrogen-bond donors (Lipinski definition) is 2. The number of benzene rings is 2. The summed E-state index contributed by atoms with van der Waals surface area (Å²) in [6.07, 6.45) is 18.3. The molecule has 2 aromatic rings. The fourth-order valence-corrected chi connectivity index (χ4v) is 21.6. The van der Waals surface area contributed by atoms with Gasteiger partial charge in [0.15, 0.2) is 24.4 Å². The molecule has 0 saturated heterocycles. The highest BCUT2D eigenvalue weighted by Gasteiger charge is 2.76. The largest absolute Gasteiger partial charge is 0.457 e. The monoisotopic (exact) mass is 1480 g/mol. The van der Waals surface area contributed by atoms with Crippen molar-refractivity contribution in [2.75, 3.05) is 59.2 Å². The molecule has 8 aliphatic carbocycles. The summed E-state index contributed by atoms with van der Waals surface area (Å²) in [7, 11) is -4.32. The lowest BCUT2D eigenvalue weighted by Gasteiger charge is -2.61. The maximum Gasteiger partial charge on any atom is 0.306 e. The lowest BCUT2D eigenvalue weighted by Crippen LogP contribution is -2.65. The van der Waals surface area contributed by atoms with Crippen molar-refractivity contribution >= 4 is 90.4 Å². The predicted octanol–water partition coefficient (Wildman–Crippen LogP) is 14.7. The van der Waals surface area contributed by atoms with Crippen LogP contribution in [0.25, 0.3) is 6.08 Å². The zero-order valence-corrected chi connectivity index (χ0v) is 65.3. The molecule has 102 heavy (non-hydrogen) atoms. The Morgan fingerprint density at radius 3 is 1.39 bits per heavy atom. The smallest absolute Gasteiger partial charge is 0.306 e. The Morgan fingerprint density at radius 2 is 0.990 bits per heavy atom. The van der Waals surface area contributed by atoms with E-state index in [-0.39, 0.29) is 96.6 Å². The molecule has 18 atom stereocenters. The van der Waals surface area contributed by atoms with E-state index in [1.165, 1.54) is 5.56 Å². The van der Waals surface area contributed by atoms with Crippen molar-refractivity contribution in [3.63, 3.8) is 0 Å². The van der Waals surface area contributed by atoms with Crippen LogP contribution in [0, 0.1) is 69.0 Å². The second-order valence-electron chi connectivity index (χ2n) is 31.6. The fourth-order valence-electron chi connectivity index (χ4n) is 19.2. The number of hydrogen-bond acceptors (Lipinski definition) is 18. The Labute approximate surface area is 613 Å². The van der Waals surface area contributed by atoms with Gasteiger partial charge in [-0.15, -0.1) is 23.2 Å². The minimum Gasteiger partial charge on any atom is -0.457 e. The zero-order valence-electron chi connectivity index (χ0n) is 62.0. The lowest BCUT2D eigenvalue weighted by molar-refractivity contribution is -0.205. The van der Waals surface area contributed by atoms with Gasteiger partial charge in [0.05, 0.1) is 19.3 Å². The van der Waals surface area contributed by atoms with E-state index >= 15 is 0 Å². The number of oxime groups is 2. The van der Waals surface area contributed by atoms with Crippen molar-refractivity contribution in [2.24, 2.45) is 79.3 Å². The quantitative estimate of drug-likeness (QED) is 0.0234. The number of aliphatic hydroxyl groups excluding tert-OH is 2. The standard InChI is InChI=1S/C40H55ClNO8P.C40H53ClNO8P/c2*1-8-34(45)48-24-33(44)40(50-35(46)9-2)25(3)19-30-36-31(41)22-28-21-29(13-16-38(28,4)37(36)32(43)23-39(30,40)5)42-49-17-14-26-11-10-12-27(20-26)15-18-51(6,7)47/h10-13,16,20-21,25,30-32,36-37,43H,8-9,14-15,17-19,22-24H2,1-7H3;10-13,15-16,18,20-21,25,30-32,36-37,43H,8-9,14,17,19,22-24H2,1-7H3/b42-29-;18-15+,42-29-/t2*25-,30+,31-,32+,36-,37+,38+,39+,40+/m11/s1. The van der Waals surface area contributed by atoms with Crippen molar-refractivity contribution in [1.29, 1.82) is 0 Å². The summed E-state index contributed by atoms with van der Waals surface area (Å²) in [5, 5.41) is 32.4. The molecule has 6 fully saturated rings. The topological polar surface area (TPSA) is 257 Å². The van der Waals surface area contributed by atoms with Crippen LogP contribution >= 0.6 is 37.5 Å². The number of carbonyl (C=O) groups excluding carboxylic acids is 6. The Kier molecular flexibility index (Phi) is 25.3. The van der Waals surface area contributed by atoms with Gasteiger partial charge in [-0.05, 0) is 148 Å². The van der Waals surface area contributed by atoms with Crippen molar-refractivity contribution in [3.8, 4) is 0 Å². The van der Waals surface area contributed by atoms with Crippen LogP contribution in [0.5, 0.6) is 0 Å². The maximum atomic E-state index is 14.1. The SMILES string of the molecule is CCC(=O)OCC(=O)[C@@]1(OC(=O)CC)[C@H](C)C[C@H]2[C@H]3[C@H]([C@@H](O)C[C@@]21C)[C@@]1(C)C=C/C(=N/OCCc2cccc(/C=C/P(C)(C)=O)c2)C=C1C[C@H]3Cl.CCC(=O)OCC(=O)[C@@]1(OC(=O)CC)[C@H](C)C[C@H]2[C@H]3[C@H]([C@@H](O)C[C@@]21C)[C@@]1(C)C=C/C(=N/OCCc2cccc(CCP(C)(C)=O)c2)C=C1C[C@H]3Cl. The Hall–Kier alpha value is -5.74. The van der Waals surface area contributed by atoms with Crippen LogP contribution in [-0.4, -0.2) is 150 Å². The number of allylic oxidation sites excluding steroid dienone is 8. The molecule has 18 nitrogen and oxygen atoms in total. The molecule has 0 heterocycles. The minimum atomic E-state index is -2.25. The average Bonchev–Trinajstić information content (AvgIpc) is 1.43. The van der Waals surface area contributed by atoms with Gasteiger partial charge < -0.3 is 48.0 Å². The van der Waals surface area contributed by atoms with Crippen molar-refractivity contribution in [1.82, 2.24) is 0 Å². The number of alkyl halides is 2. The van der Waals surface area contributed by atoms with E-state index in [0.717, 1.165) is 34.3 Å². The van der Waals surface area contributed by atoms with Crippen LogP contribution in [-0.2, 0) is 85.8 Å². The molecule has 6 saturated carbocycles. The molecule has 0 aromatic heterocycles. The van der Waals surface area contributed by atoms with Crippen LogP contribution in [0.1, 0.15) is 156 Å². The highest BCUT2D eigenvalue weighted by molar-refractivity contribution is 7.65. The fraction of sp³-hybridized carbons (Fsp3) is 0.625. The summed E-state index contributed by atoms with van der Waals surface area (Å²) >= 11 is 14.6. The van der Waals surface area contributed by atoms with Crippen molar-refractivity contribution in [3.05, 3.63) is 124 Å². The van der Waals surface area contributed by atoms with Gasteiger partial charge in [-0.3, -0.25) is 28.8 Å². The molecule has 0 bridgehead atoms. The van der Waals surface area contributed by atoms with E-state index in [0.29, 0.717) is 69.3 Å². The molecule has 2 N–H and O–H groups in total. The van der Waals surface area contributed by atoms with Gasteiger partial charge in [-0.2, -0.15) is 0 Å². The number of aliphatic hydroxyl groups is 2. The van der Waals surface area contributed by atoms with E-state index in [1.54, 1.807) is 46.8 Å². The van der Waals surface area contributed by atoms with Crippen LogP contribution in [0.4, 0.5) is 0 Å². The van der Waals surface area contributed by atoms with Crippen LogP contribution < -0.4 is 0 Å². The molecule has 10 rings (SSSR count). The summed E-state index contributed by atoms with van der Waals surface area (Å²) in [6.45, 7) is 25.6. The summed E-state index contributed by atoms with van der Waals surface area (Å²) in [4.78, 5) is 89.8. The molecule has 0 radical (unpaired) electrons. The second-order valence-corrected chi connectivity index (χ2v) is 39.5. The molecular formula is C80H108Cl2N2O16P2. The molecule has 0 amide bonds. The normalized spacial score (nSPS) is 35.0. The number of esters is 4. The number of rotatable bonds is 25. The number of Topliss-reactive ketones (excluding diaryl/α,β-unsaturated/α-hetero) is 2. The number of halogens is 2. The molecule has 2 aromatic carbocycles. The number of aryl methyl sites for hydroxylation is 1. The third-order valence-electron chi connectivity index (χ3n) is 24.1. The van der Waals surface area contributed by atoms with E-state index in [1.807, 2.05) is 95.7 Å². The molecular weight excluding hydrogens is 1380 g/mol. The molecule has 22 heteroatoms. The van der Waals surface area contributed by atoms with Gasteiger partial charge in [0.2, 0.25) is 11.6 Å². The number of ether oxygens (including phenoxy) is 4. The highest BCUT2D eigenvalue weighted by atomic mass is 35.5. The molecule has 0 aliphatic heterocycles. The molecule has 8 aliphatic rings. The third kappa shape index (κ3) is 16.3. The second kappa shape index (κ2) is 32.1. The van der Waals surface area contributed by atoms with Crippen molar-refractivity contribution in [2.45, 2.75) is 187 Å². The van der Waals surface area contributed by atoms with Gasteiger partial charge in [-0.1, -0.05) is 157 Å². The van der Waals surface area contributed by atoms with Gasteiger partial charge in [0.1, 0.15) is 31.8 Å². The number of nitrogens with zero attached hydrogens (tertiary/aromatic N) is 2. The molecule has 0 unspecified atom stereocenters. The van der Waals surface area contributed by atoms with Crippen LogP contribution in [0.15, 0.2) is 112 Å². The Balaban J connectivity index is 0.000000237. The first-order chi connectivity index (χ1) is 48.0. The Bertz CT molecular complexity index is 3830.